The molecule has 76 valence electrons. The van der Waals surface area contributed by atoms with Crippen molar-refractivity contribution in [3.63, 3.8) is 0 Å². The Hall–Kier alpha value is 0.236. The topological polar surface area (TPSA) is 9.23 Å². The van der Waals surface area contributed by atoms with Gasteiger partial charge in [0.25, 0.3) is 0 Å². The molecule has 0 atom stereocenters. The highest BCUT2D eigenvalue weighted by molar-refractivity contribution is 6.17. The van der Waals surface area contributed by atoms with Gasteiger partial charge in [-0.1, -0.05) is 30.3 Å². The van der Waals surface area contributed by atoms with E-state index in [0.717, 1.165) is 13.2 Å². The molecule has 1 nitrogen and oxygen atoms in total. The first kappa shape index (κ1) is 14.2. The van der Waals surface area contributed by atoms with Gasteiger partial charge in [-0.25, -0.2) is 0 Å². The van der Waals surface area contributed by atoms with E-state index in [9.17, 15) is 0 Å². The summed E-state index contributed by atoms with van der Waals surface area (Å²) in [6.07, 6.45) is 2.56. The average Bonchev–Trinajstić information content (AvgIpc) is 2.77. The van der Waals surface area contributed by atoms with Crippen LogP contribution in [-0.4, -0.2) is 36.3 Å². The second-order valence-electron chi connectivity index (χ2n) is 2.94. The Morgan fingerprint density at radius 3 is 1.93 bits per heavy atom. The molecule has 14 heavy (non-hydrogen) atoms. The number of benzene rings is 1. The van der Waals surface area contributed by atoms with Gasteiger partial charge in [0.2, 0.25) is 0 Å². The van der Waals surface area contributed by atoms with Gasteiger partial charge in [0.15, 0.2) is 0 Å². The van der Waals surface area contributed by atoms with Gasteiger partial charge in [-0.2, -0.15) is 0 Å². The predicted molar refractivity (Wildman–Crippen MR) is 64.6 cm³/mol. The number of rotatable bonds is 1. The fourth-order valence-electron chi connectivity index (χ4n) is 1.08. The fourth-order valence-corrected chi connectivity index (χ4v) is 1.26. The molecule has 0 unspecified atom stereocenters. The normalized spacial score (nSPS) is 13.8. The zero-order chi connectivity index (χ0) is 9.36. The molecule has 1 aromatic carbocycles. The quantitative estimate of drug-likeness (QED) is 0.526. The highest BCUT2D eigenvalue weighted by Gasteiger charge is 1.94. The van der Waals surface area contributed by atoms with Crippen LogP contribution < -0.4 is 0 Å². The molecular weight excluding hydrogens is 208 g/mol. The fraction of sp³-hybridized carbons (Fsp3) is 0.455. The van der Waals surface area contributed by atoms with E-state index in [1.165, 1.54) is 18.4 Å². The smallest absolute Gasteiger partial charge is 0.316 e. The van der Waals surface area contributed by atoms with E-state index in [0.29, 0.717) is 5.88 Å². The van der Waals surface area contributed by atoms with Gasteiger partial charge in [-0.3, -0.25) is 0 Å². The molecule has 0 saturated carbocycles. The Morgan fingerprint density at radius 1 is 1.07 bits per heavy atom. The van der Waals surface area contributed by atoms with Crippen LogP contribution in [0.5, 0.6) is 0 Å². The van der Waals surface area contributed by atoms with E-state index < -0.39 is 0 Å². The van der Waals surface area contributed by atoms with Crippen molar-refractivity contribution in [1.82, 2.24) is 0 Å². The maximum atomic E-state index is 5.53. The summed E-state index contributed by atoms with van der Waals surface area (Å²) in [5, 5.41) is 0. The van der Waals surface area contributed by atoms with Crippen molar-refractivity contribution in [3.8, 4) is 0 Å². The van der Waals surface area contributed by atoms with Gasteiger partial charge in [-0.05, 0) is 18.4 Å². The first-order chi connectivity index (χ1) is 6.43. The third-order valence-corrected chi connectivity index (χ3v) is 2.13. The summed E-state index contributed by atoms with van der Waals surface area (Å²) >= 11 is 5.53. The SMILES string of the molecule is C1CCOC1.ClCc1ccccc1.[MgH2]. The molecule has 1 saturated heterocycles. The third kappa shape index (κ3) is 6.65. The monoisotopic (exact) mass is 224 g/mol. The molecule has 0 aromatic heterocycles. The Balaban J connectivity index is 0.000000246. The third-order valence-electron chi connectivity index (χ3n) is 1.82. The molecule has 1 aromatic rings. The molecule has 1 aliphatic heterocycles. The maximum Gasteiger partial charge on any atom is 0.316 e. The maximum absolute atomic E-state index is 5.53. The van der Waals surface area contributed by atoms with Crippen molar-refractivity contribution in [2.75, 3.05) is 13.2 Å². The standard InChI is InChI=1S/C7H7Cl.C4H8O.Mg.2H/c8-6-7-4-2-1-3-5-7;1-2-4-5-3-1;;;/h1-5H,6H2;1-4H2;;;. The van der Waals surface area contributed by atoms with E-state index in [2.05, 4.69) is 0 Å². The number of ether oxygens (including phenoxy) is 1. The van der Waals surface area contributed by atoms with Crippen molar-refractivity contribution in [2.24, 2.45) is 0 Å². The first-order valence-electron chi connectivity index (χ1n) is 4.61. The molecule has 0 amide bonds. The average molecular weight is 225 g/mol. The largest absolute Gasteiger partial charge is 0.381 e. The van der Waals surface area contributed by atoms with Crippen LogP contribution in [0, 0.1) is 0 Å². The zero-order valence-corrected chi connectivity index (χ0v) is 8.46. The van der Waals surface area contributed by atoms with Crippen LogP contribution in [-0.2, 0) is 10.6 Å². The first-order valence-corrected chi connectivity index (χ1v) is 5.14. The van der Waals surface area contributed by atoms with E-state index in [1.54, 1.807) is 0 Å². The molecule has 1 heterocycles. The minimum Gasteiger partial charge on any atom is -0.381 e. The molecule has 1 aliphatic rings. The van der Waals surface area contributed by atoms with Crippen LogP contribution in [0.15, 0.2) is 30.3 Å². The van der Waals surface area contributed by atoms with E-state index in [-0.39, 0.29) is 23.1 Å². The molecule has 1 fully saturated rings. The van der Waals surface area contributed by atoms with Crippen LogP contribution in [0.25, 0.3) is 0 Å². The highest BCUT2D eigenvalue weighted by atomic mass is 35.5. The number of alkyl halides is 1. The summed E-state index contributed by atoms with van der Waals surface area (Å²) in [4.78, 5) is 0. The molecule has 0 N–H and O–H groups in total. The molecule has 0 aliphatic carbocycles. The lowest BCUT2D eigenvalue weighted by molar-refractivity contribution is 0.198. The minimum atomic E-state index is 0. The Kier molecular flexibility index (Phi) is 9.94. The lowest BCUT2D eigenvalue weighted by atomic mass is 10.2. The van der Waals surface area contributed by atoms with Crippen LogP contribution in [0.1, 0.15) is 18.4 Å². The Bertz CT molecular complexity index is 204. The second-order valence-corrected chi connectivity index (χ2v) is 3.21. The van der Waals surface area contributed by atoms with Gasteiger partial charge >= 0.3 is 23.1 Å². The van der Waals surface area contributed by atoms with Gasteiger partial charge in [0.05, 0.1) is 0 Å². The molecular formula is C11H17ClMgO. The van der Waals surface area contributed by atoms with Crippen molar-refractivity contribution >= 4 is 34.7 Å². The number of halogens is 1. The van der Waals surface area contributed by atoms with Crippen LogP contribution in [0.3, 0.4) is 0 Å². The van der Waals surface area contributed by atoms with Crippen LogP contribution in [0.2, 0.25) is 0 Å². The van der Waals surface area contributed by atoms with E-state index in [1.807, 2.05) is 30.3 Å². The molecule has 0 bridgehead atoms. The van der Waals surface area contributed by atoms with Crippen LogP contribution >= 0.6 is 11.6 Å². The molecule has 2 rings (SSSR count). The van der Waals surface area contributed by atoms with Crippen LogP contribution in [0.4, 0.5) is 0 Å². The molecule has 0 radical (unpaired) electrons. The summed E-state index contributed by atoms with van der Waals surface area (Å²) < 4.78 is 4.94. The summed E-state index contributed by atoms with van der Waals surface area (Å²) in [5.74, 6) is 0.612. The second kappa shape index (κ2) is 9.78. The van der Waals surface area contributed by atoms with Crippen molar-refractivity contribution in [2.45, 2.75) is 18.7 Å². The van der Waals surface area contributed by atoms with Gasteiger partial charge in [0.1, 0.15) is 0 Å². The lowest BCUT2D eigenvalue weighted by Crippen LogP contribution is -1.74. The van der Waals surface area contributed by atoms with Gasteiger partial charge in [0, 0.05) is 19.1 Å². The van der Waals surface area contributed by atoms with E-state index in [4.69, 9.17) is 16.3 Å². The van der Waals surface area contributed by atoms with Gasteiger partial charge < -0.3 is 4.74 Å². The van der Waals surface area contributed by atoms with Crippen molar-refractivity contribution in [1.29, 1.82) is 0 Å². The Morgan fingerprint density at radius 2 is 1.64 bits per heavy atom. The summed E-state index contributed by atoms with van der Waals surface area (Å²) in [6.45, 7) is 2.00. The zero-order valence-electron chi connectivity index (χ0n) is 7.71. The van der Waals surface area contributed by atoms with Crippen molar-refractivity contribution < 1.29 is 4.74 Å². The molecule has 3 heteroatoms. The number of hydrogen-bond donors (Lipinski definition) is 0. The summed E-state index contributed by atoms with van der Waals surface area (Å²) in [6, 6.07) is 9.96. The molecule has 0 spiro atoms. The lowest BCUT2D eigenvalue weighted by Gasteiger charge is -1.88. The summed E-state index contributed by atoms with van der Waals surface area (Å²) in [5.41, 5.74) is 1.18. The highest BCUT2D eigenvalue weighted by Crippen LogP contribution is 2.00. The predicted octanol–water partition coefficient (Wildman–Crippen LogP) is 2.31. The van der Waals surface area contributed by atoms with Crippen molar-refractivity contribution in [3.05, 3.63) is 35.9 Å². The van der Waals surface area contributed by atoms with E-state index >= 15 is 0 Å². The Labute approximate surface area is 107 Å². The van der Waals surface area contributed by atoms with Gasteiger partial charge in [-0.15, -0.1) is 11.6 Å². The summed E-state index contributed by atoms with van der Waals surface area (Å²) in [7, 11) is 0. The number of hydrogen-bond acceptors (Lipinski definition) is 1. The minimum absolute atomic E-state index is 0.